The highest BCUT2D eigenvalue weighted by atomic mass is 19.2. The predicted molar refractivity (Wildman–Crippen MR) is 55.4 cm³/mol. The minimum absolute atomic E-state index is 0. The Bertz CT molecular complexity index is 216. The zero-order chi connectivity index (χ0) is 10.8. The Kier molecular flexibility index (Phi) is 12.1. The van der Waals surface area contributed by atoms with Crippen LogP contribution in [0, 0.1) is 0 Å². The molecule has 0 aliphatic heterocycles. The molecule has 5 heteroatoms. The van der Waals surface area contributed by atoms with Crippen LogP contribution in [-0.4, -0.2) is 7.27 Å². The van der Waals surface area contributed by atoms with Crippen LogP contribution in [0.5, 0.6) is 0 Å². The molecule has 1 rings (SSSR count). The monoisotopic (exact) mass is 219 g/mol. The first kappa shape index (κ1) is 16.4. The molecule has 0 saturated heterocycles. The van der Waals surface area contributed by atoms with Crippen LogP contribution in [0.15, 0.2) is 30.6 Å². The third-order valence-electron chi connectivity index (χ3n) is 1.55. The number of hydrogen-bond acceptors (Lipinski definition) is 0. The fourth-order valence-electron chi connectivity index (χ4n) is 0.924. The third-order valence-corrected chi connectivity index (χ3v) is 1.55. The van der Waals surface area contributed by atoms with Gasteiger partial charge in [0.15, 0.2) is 12.4 Å². The van der Waals surface area contributed by atoms with Crippen molar-refractivity contribution in [1.82, 2.24) is 0 Å². The molecule has 1 nitrogen and oxygen atoms in total. The Balaban J connectivity index is 0. The van der Waals surface area contributed by atoms with Crippen LogP contribution in [0.1, 0.15) is 19.8 Å². The van der Waals surface area contributed by atoms with E-state index in [2.05, 4.69) is 36.0 Å². The molecule has 15 heavy (non-hydrogen) atoms. The lowest BCUT2D eigenvalue weighted by Crippen LogP contribution is -3.00. The highest BCUT2D eigenvalue weighted by Gasteiger charge is 1.94. The Morgan fingerprint density at radius 2 is 1.60 bits per heavy atom. The minimum Gasteiger partial charge on any atom is -1.00 e. The Morgan fingerprint density at radius 1 is 1.13 bits per heavy atom. The first-order chi connectivity index (χ1) is 6.66. The molecule has 1 heterocycles. The SMILES string of the molecule is CB(F)F.CCCC[n+]1ccccc1.[F-]. The summed E-state index contributed by atoms with van der Waals surface area (Å²) in [6.45, 7) is 4.20. The summed E-state index contributed by atoms with van der Waals surface area (Å²) in [5.41, 5.74) is 0. The highest BCUT2D eigenvalue weighted by molar-refractivity contribution is 6.40. The van der Waals surface area contributed by atoms with Crippen molar-refractivity contribution in [3.63, 3.8) is 0 Å². The molecule has 1 aromatic rings. The molecule has 0 radical (unpaired) electrons. The van der Waals surface area contributed by atoms with Gasteiger partial charge in [-0.3, -0.25) is 8.63 Å². The van der Waals surface area contributed by atoms with E-state index in [1.54, 1.807) is 0 Å². The maximum atomic E-state index is 10.3. The van der Waals surface area contributed by atoms with Crippen molar-refractivity contribution in [2.24, 2.45) is 0 Å². The Morgan fingerprint density at radius 3 is 2.00 bits per heavy atom. The zero-order valence-corrected chi connectivity index (χ0v) is 9.17. The Hall–Kier alpha value is -0.995. The molecule has 0 atom stereocenters. The molecule has 0 N–H and O–H groups in total. The van der Waals surface area contributed by atoms with Crippen molar-refractivity contribution < 1.29 is 17.9 Å². The summed E-state index contributed by atoms with van der Waals surface area (Å²) in [6, 6.07) is 6.17. The van der Waals surface area contributed by atoms with Gasteiger partial charge >= 0.3 is 7.27 Å². The lowest BCUT2D eigenvalue weighted by atomic mass is 10.1. The lowest BCUT2D eigenvalue weighted by Gasteiger charge is -1.91. The second-order valence-electron chi connectivity index (χ2n) is 2.99. The standard InChI is InChI=1S/C9H14N.CH3BF2.FH/c1-2-3-7-10-8-5-4-6-9-10;1-2(3)4;/h4-6,8-9H,2-3,7H2,1H3;1H3;1H/q+1;;/p-1. The summed E-state index contributed by atoms with van der Waals surface area (Å²) in [6.07, 6.45) is 6.75. The second kappa shape index (κ2) is 11.1. The van der Waals surface area contributed by atoms with E-state index in [1.807, 2.05) is 6.07 Å². The van der Waals surface area contributed by atoms with Gasteiger partial charge in [0, 0.05) is 18.6 Å². The van der Waals surface area contributed by atoms with Gasteiger partial charge in [0.2, 0.25) is 0 Å². The number of unbranched alkanes of at least 4 members (excludes halogenated alkanes) is 1. The largest absolute Gasteiger partial charge is 1.00 e. The molecule has 0 bridgehead atoms. The van der Waals surface area contributed by atoms with Gasteiger partial charge in [0.25, 0.3) is 0 Å². The highest BCUT2D eigenvalue weighted by Crippen LogP contribution is 1.85. The van der Waals surface area contributed by atoms with Crippen LogP contribution in [0.25, 0.3) is 0 Å². The van der Waals surface area contributed by atoms with Crippen molar-refractivity contribution in [2.75, 3.05) is 0 Å². The van der Waals surface area contributed by atoms with Gasteiger partial charge in [0.05, 0.1) is 0 Å². The lowest BCUT2D eigenvalue weighted by molar-refractivity contribution is -0.697. The van der Waals surface area contributed by atoms with Crippen LogP contribution < -0.4 is 9.27 Å². The maximum Gasteiger partial charge on any atom is 0.535 e. The molecule has 1 aromatic heterocycles. The molecule has 0 aromatic carbocycles. The molecule has 0 fully saturated rings. The quantitative estimate of drug-likeness (QED) is 0.490. The normalized spacial score (nSPS) is 8.27. The number of rotatable bonds is 3. The first-order valence-electron chi connectivity index (χ1n) is 4.89. The van der Waals surface area contributed by atoms with E-state index in [9.17, 15) is 8.63 Å². The number of aromatic nitrogens is 1. The average Bonchev–Trinajstić information content (AvgIpc) is 2.15. The van der Waals surface area contributed by atoms with Crippen molar-refractivity contribution in [2.45, 2.75) is 33.1 Å². The van der Waals surface area contributed by atoms with Gasteiger partial charge in [-0.25, -0.2) is 4.57 Å². The van der Waals surface area contributed by atoms with Gasteiger partial charge < -0.3 is 4.70 Å². The summed E-state index contributed by atoms with van der Waals surface area (Å²) in [4.78, 5) is 0. The summed E-state index contributed by atoms with van der Waals surface area (Å²) in [5, 5.41) is 0. The van der Waals surface area contributed by atoms with Crippen LogP contribution in [0.2, 0.25) is 6.82 Å². The van der Waals surface area contributed by atoms with E-state index >= 15 is 0 Å². The van der Waals surface area contributed by atoms with E-state index in [0.29, 0.717) is 0 Å². The van der Waals surface area contributed by atoms with Gasteiger partial charge in [-0.2, -0.15) is 0 Å². The van der Waals surface area contributed by atoms with E-state index < -0.39 is 7.27 Å². The number of halogens is 3. The molecule has 86 valence electrons. The molecule has 0 aliphatic carbocycles. The van der Waals surface area contributed by atoms with Crippen molar-refractivity contribution in [3.05, 3.63) is 30.6 Å². The summed E-state index contributed by atoms with van der Waals surface area (Å²) in [5.74, 6) is 0. The van der Waals surface area contributed by atoms with Gasteiger partial charge in [-0.15, -0.1) is 0 Å². The minimum atomic E-state index is -2.17. The van der Waals surface area contributed by atoms with Crippen LogP contribution >= 0.6 is 0 Å². The summed E-state index contributed by atoms with van der Waals surface area (Å²) in [7, 11) is -2.17. The molecule has 0 unspecified atom stereocenters. The van der Waals surface area contributed by atoms with Crippen molar-refractivity contribution in [1.29, 1.82) is 0 Å². The van der Waals surface area contributed by atoms with E-state index in [4.69, 9.17) is 0 Å². The fourth-order valence-corrected chi connectivity index (χ4v) is 0.924. The molecular weight excluding hydrogens is 202 g/mol. The second-order valence-corrected chi connectivity index (χ2v) is 2.99. The van der Waals surface area contributed by atoms with E-state index in [0.717, 1.165) is 13.4 Å². The van der Waals surface area contributed by atoms with Gasteiger partial charge in [0.1, 0.15) is 6.54 Å². The molecule has 0 saturated carbocycles. The molecule has 0 aliphatic rings. The van der Waals surface area contributed by atoms with E-state index in [-0.39, 0.29) is 4.70 Å². The zero-order valence-electron chi connectivity index (χ0n) is 9.17. The molecule has 0 amide bonds. The topological polar surface area (TPSA) is 3.88 Å². The first-order valence-corrected chi connectivity index (χ1v) is 4.89. The van der Waals surface area contributed by atoms with Crippen molar-refractivity contribution >= 4 is 7.27 Å². The Labute approximate surface area is 89.7 Å². The smallest absolute Gasteiger partial charge is 0.535 e. The number of nitrogens with zero attached hydrogens (tertiary/aromatic N) is 1. The average molecular weight is 219 g/mol. The summed E-state index contributed by atoms with van der Waals surface area (Å²) >= 11 is 0. The summed E-state index contributed by atoms with van der Waals surface area (Å²) < 4.78 is 22.9. The predicted octanol–water partition coefficient (Wildman–Crippen LogP) is -0.178. The number of hydrogen-bond donors (Lipinski definition) is 0. The van der Waals surface area contributed by atoms with Crippen LogP contribution in [-0.2, 0) is 6.54 Å². The number of aryl methyl sites for hydroxylation is 1. The fraction of sp³-hybridized carbons (Fsp3) is 0.500. The van der Waals surface area contributed by atoms with Crippen LogP contribution in [0.3, 0.4) is 0 Å². The molecular formula is C10H17BF3N. The maximum absolute atomic E-state index is 10.3. The van der Waals surface area contributed by atoms with Crippen LogP contribution in [0.4, 0.5) is 8.63 Å². The molecule has 0 spiro atoms. The van der Waals surface area contributed by atoms with Gasteiger partial charge in [-0.1, -0.05) is 19.4 Å². The van der Waals surface area contributed by atoms with Gasteiger partial charge in [-0.05, 0) is 6.82 Å². The third kappa shape index (κ3) is 13.0. The van der Waals surface area contributed by atoms with Crippen molar-refractivity contribution in [3.8, 4) is 0 Å². The van der Waals surface area contributed by atoms with E-state index in [1.165, 1.54) is 12.8 Å². The number of pyridine rings is 1.